The van der Waals surface area contributed by atoms with Gasteiger partial charge >= 0.3 is 0 Å². The molecule has 1 aromatic rings. The standard InChI is InChI=1S/C16H22N2O2/c1-20-15-5-4-13(17)8-14(15)16(19)18-9-12-7-10-2-3-11(12)6-10/h4-5,8,10-12H,2-3,6-7,9,17H2,1H3,(H,18,19). The molecule has 0 heterocycles. The van der Waals surface area contributed by atoms with Gasteiger partial charge < -0.3 is 15.8 Å². The van der Waals surface area contributed by atoms with Crippen LogP contribution < -0.4 is 15.8 Å². The van der Waals surface area contributed by atoms with Crippen molar-refractivity contribution in [2.24, 2.45) is 17.8 Å². The van der Waals surface area contributed by atoms with Crippen LogP contribution in [-0.2, 0) is 0 Å². The van der Waals surface area contributed by atoms with E-state index in [1.807, 2.05) is 0 Å². The third kappa shape index (κ3) is 2.47. The topological polar surface area (TPSA) is 64.3 Å². The van der Waals surface area contributed by atoms with Crippen molar-refractivity contribution in [3.63, 3.8) is 0 Å². The fourth-order valence-electron chi connectivity index (χ4n) is 3.85. The van der Waals surface area contributed by atoms with Crippen LogP contribution in [-0.4, -0.2) is 19.6 Å². The summed E-state index contributed by atoms with van der Waals surface area (Å²) in [6, 6.07) is 5.16. The lowest BCUT2D eigenvalue weighted by Crippen LogP contribution is -2.31. The molecule has 2 aliphatic carbocycles. The van der Waals surface area contributed by atoms with E-state index in [1.54, 1.807) is 25.3 Å². The number of fused-ring (bicyclic) bond motifs is 2. The second-order valence-corrected chi connectivity index (χ2v) is 6.10. The number of ether oxygens (including phenoxy) is 1. The highest BCUT2D eigenvalue weighted by Gasteiger charge is 2.39. The Labute approximate surface area is 119 Å². The molecule has 1 amide bonds. The number of nitrogen functional groups attached to an aromatic ring is 1. The lowest BCUT2D eigenvalue weighted by atomic mass is 9.89. The van der Waals surface area contributed by atoms with Gasteiger partial charge in [-0.3, -0.25) is 4.79 Å². The summed E-state index contributed by atoms with van der Waals surface area (Å²) in [7, 11) is 1.57. The second kappa shape index (κ2) is 5.35. The van der Waals surface area contributed by atoms with E-state index in [0.717, 1.165) is 18.4 Å². The number of anilines is 1. The third-order valence-electron chi connectivity index (χ3n) is 4.88. The van der Waals surface area contributed by atoms with Gasteiger partial charge in [-0.15, -0.1) is 0 Å². The number of hydrogen-bond acceptors (Lipinski definition) is 3. The van der Waals surface area contributed by atoms with E-state index in [2.05, 4.69) is 5.32 Å². The van der Waals surface area contributed by atoms with Gasteiger partial charge in [-0.2, -0.15) is 0 Å². The van der Waals surface area contributed by atoms with Crippen LogP contribution in [0.3, 0.4) is 0 Å². The van der Waals surface area contributed by atoms with Crippen LogP contribution >= 0.6 is 0 Å². The molecule has 2 fully saturated rings. The van der Waals surface area contributed by atoms with Crippen LogP contribution in [0.25, 0.3) is 0 Å². The van der Waals surface area contributed by atoms with E-state index >= 15 is 0 Å². The molecule has 2 bridgehead atoms. The van der Waals surface area contributed by atoms with Crippen LogP contribution in [0.4, 0.5) is 5.69 Å². The van der Waals surface area contributed by atoms with Gasteiger partial charge in [0, 0.05) is 12.2 Å². The van der Waals surface area contributed by atoms with Gasteiger partial charge in [-0.1, -0.05) is 6.42 Å². The van der Waals surface area contributed by atoms with Gasteiger partial charge in [0.1, 0.15) is 5.75 Å². The molecule has 3 N–H and O–H groups in total. The molecule has 2 aliphatic rings. The number of carbonyl (C=O) groups excluding carboxylic acids is 1. The quantitative estimate of drug-likeness (QED) is 0.829. The molecule has 3 rings (SSSR count). The number of benzene rings is 1. The van der Waals surface area contributed by atoms with Crippen molar-refractivity contribution in [3.05, 3.63) is 23.8 Å². The smallest absolute Gasteiger partial charge is 0.255 e. The van der Waals surface area contributed by atoms with E-state index in [-0.39, 0.29) is 5.91 Å². The first-order valence-corrected chi connectivity index (χ1v) is 7.39. The van der Waals surface area contributed by atoms with Crippen LogP contribution in [0.1, 0.15) is 36.0 Å². The van der Waals surface area contributed by atoms with E-state index in [9.17, 15) is 4.79 Å². The van der Waals surface area contributed by atoms with Crippen molar-refractivity contribution >= 4 is 11.6 Å². The number of rotatable bonds is 4. The fraction of sp³-hybridized carbons (Fsp3) is 0.562. The number of carbonyl (C=O) groups is 1. The summed E-state index contributed by atoms with van der Waals surface area (Å²) < 4.78 is 5.23. The summed E-state index contributed by atoms with van der Waals surface area (Å²) in [5, 5.41) is 3.05. The Kier molecular flexibility index (Phi) is 3.55. The summed E-state index contributed by atoms with van der Waals surface area (Å²) in [6.07, 6.45) is 5.37. The molecule has 108 valence electrons. The molecular formula is C16H22N2O2. The van der Waals surface area contributed by atoms with Crippen molar-refractivity contribution in [1.82, 2.24) is 5.32 Å². The van der Waals surface area contributed by atoms with Gasteiger partial charge in [0.25, 0.3) is 5.91 Å². The maximum Gasteiger partial charge on any atom is 0.255 e. The Morgan fingerprint density at radius 1 is 1.40 bits per heavy atom. The maximum atomic E-state index is 12.3. The molecule has 4 nitrogen and oxygen atoms in total. The first-order valence-electron chi connectivity index (χ1n) is 7.39. The molecule has 4 heteroatoms. The fourth-order valence-corrected chi connectivity index (χ4v) is 3.85. The maximum absolute atomic E-state index is 12.3. The minimum absolute atomic E-state index is 0.0862. The predicted octanol–water partition coefficient (Wildman–Crippen LogP) is 2.44. The number of methoxy groups -OCH3 is 1. The highest BCUT2D eigenvalue weighted by molar-refractivity contribution is 5.97. The highest BCUT2D eigenvalue weighted by Crippen LogP contribution is 2.47. The number of amides is 1. The summed E-state index contributed by atoms with van der Waals surface area (Å²) >= 11 is 0. The van der Waals surface area contributed by atoms with Crippen LogP contribution in [0.15, 0.2) is 18.2 Å². The summed E-state index contributed by atoms with van der Waals surface area (Å²) in [5.41, 5.74) is 6.86. The lowest BCUT2D eigenvalue weighted by molar-refractivity contribution is 0.0939. The van der Waals surface area contributed by atoms with Gasteiger partial charge in [0.2, 0.25) is 0 Å². The first kappa shape index (κ1) is 13.3. The Hall–Kier alpha value is -1.71. The molecule has 0 aliphatic heterocycles. The second-order valence-electron chi connectivity index (χ2n) is 6.10. The molecule has 0 spiro atoms. The van der Waals surface area contributed by atoms with Crippen molar-refractivity contribution in [3.8, 4) is 5.75 Å². The number of nitrogens with two attached hydrogens (primary N) is 1. The molecule has 2 saturated carbocycles. The lowest BCUT2D eigenvalue weighted by Gasteiger charge is -2.22. The Balaban J connectivity index is 1.63. The molecular weight excluding hydrogens is 252 g/mol. The predicted molar refractivity (Wildman–Crippen MR) is 78.7 cm³/mol. The van der Waals surface area contributed by atoms with Crippen LogP contribution in [0, 0.1) is 17.8 Å². The molecule has 1 aromatic carbocycles. The van der Waals surface area contributed by atoms with E-state index in [1.165, 1.54) is 25.7 Å². The van der Waals surface area contributed by atoms with Gasteiger partial charge in [0.05, 0.1) is 12.7 Å². The first-order chi connectivity index (χ1) is 9.67. The SMILES string of the molecule is COc1ccc(N)cc1C(=O)NCC1CC2CCC1C2. The third-order valence-corrected chi connectivity index (χ3v) is 4.88. The van der Waals surface area contributed by atoms with Crippen molar-refractivity contribution in [2.75, 3.05) is 19.4 Å². The summed E-state index contributed by atoms with van der Waals surface area (Å²) in [5.74, 6) is 2.87. The molecule has 0 aromatic heterocycles. The Morgan fingerprint density at radius 2 is 2.25 bits per heavy atom. The minimum Gasteiger partial charge on any atom is -0.496 e. The van der Waals surface area contributed by atoms with Crippen molar-refractivity contribution < 1.29 is 9.53 Å². The zero-order valence-corrected chi connectivity index (χ0v) is 11.9. The minimum atomic E-state index is -0.0862. The van der Waals surface area contributed by atoms with Gasteiger partial charge in [-0.05, 0) is 55.2 Å². The normalized spacial score (nSPS) is 27.6. The van der Waals surface area contributed by atoms with Crippen molar-refractivity contribution in [2.45, 2.75) is 25.7 Å². The van der Waals surface area contributed by atoms with Crippen LogP contribution in [0.2, 0.25) is 0 Å². The van der Waals surface area contributed by atoms with E-state index in [0.29, 0.717) is 22.9 Å². The highest BCUT2D eigenvalue weighted by atomic mass is 16.5. The summed E-state index contributed by atoms with van der Waals surface area (Å²) in [6.45, 7) is 0.776. The zero-order chi connectivity index (χ0) is 14.1. The Morgan fingerprint density at radius 3 is 2.90 bits per heavy atom. The molecule has 0 saturated heterocycles. The number of hydrogen-bond donors (Lipinski definition) is 2. The zero-order valence-electron chi connectivity index (χ0n) is 11.9. The molecule has 20 heavy (non-hydrogen) atoms. The monoisotopic (exact) mass is 274 g/mol. The van der Waals surface area contributed by atoms with Gasteiger partial charge in [0.15, 0.2) is 0 Å². The van der Waals surface area contributed by atoms with E-state index < -0.39 is 0 Å². The Bertz CT molecular complexity index is 515. The van der Waals surface area contributed by atoms with Crippen molar-refractivity contribution in [1.29, 1.82) is 0 Å². The summed E-state index contributed by atoms with van der Waals surface area (Å²) in [4.78, 5) is 12.3. The van der Waals surface area contributed by atoms with Crippen LogP contribution in [0.5, 0.6) is 5.75 Å². The molecule has 3 atom stereocenters. The largest absolute Gasteiger partial charge is 0.496 e. The van der Waals surface area contributed by atoms with Gasteiger partial charge in [-0.25, -0.2) is 0 Å². The average Bonchev–Trinajstić information content (AvgIpc) is 3.07. The average molecular weight is 274 g/mol. The molecule has 0 radical (unpaired) electrons. The van der Waals surface area contributed by atoms with E-state index in [4.69, 9.17) is 10.5 Å². The molecule has 3 unspecified atom stereocenters. The number of nitrogens with one attached hydrogen (secondary N) is 1.